The van der Waals surface area contributed by atoms with Crippen molar-refractivity contribution >= 4 is 27.5 Å². The highest BCUT2D eigenvalue weighted by atomic mass is 79.9. The third-order valence-corrected chi connectivity index (χ3v) is 2.84. The molecule has 0 aliphatic rings. The molecule has 88 valence electrons. The fourth-order valence-electron chi connectivity index (χ4n) is 1.51. The predicted molar refractivity (Wildman–Crippen MR) is 72.0 cm³/mol. The van der Waals surface area contributed by atoms with Crippen molar-refractivity contribution in [3.05, 3.63) is 39.8 Å². The quantitative estimate of drug-likeness (QED) is 0.807. The summed E-state index contributed by atoms with van der Waals surface area (Å²) in [6, 6.07) is 3.73. The zero-order valence-corrected chi connectivity index (χ0v) is 11.7. The van der Waals surface area contributed by atoms with Gasteiger partial charge in [-0.15, -0.1) is 0 Å². The smallest absolute Gasteiger partial charge is 0.162 e. The number of pyridine rings is 1. The first-order valence-corrected chi connectivity index (χ1v) is 6.50. The Hall–Kier alpha value is -1.00. The van der Waals surface area contributed by atoms with Crippen molar-refractivity contribution in [3.8, 4) is 11.4 Å². The van der Waals surface area contributed by atoms with E-state index in [1.807, 2.05) is 6.07 Å². The molecule has 0 saturated carbocycles. The molecule has 0 N–H and O–H groups in total. The van der Waals surface area contributed by atoms with Crippen molar-refractivity contribution in [3.63, 3.8) is 0 Å². The number of hydrogen-bond acceptors (Lipinski definition) is 3. The molecule has 3 nitrogen and oxygen atoms in total. The second-order valence-corrected chi connectivity index (χ2v) is 4.95. The molecule has 0 aliphatic heterocycles. The van der Waals surface area contributed by atoms with E-state index >= 15 is 0 Å². The summed E-state index contributed by atoms with van der Waals surface area (Å²) in [4.78, 5) is 12.8. The third kappa shape index (κ3) is 3.23. The Morgan fingerprint density at radius 1 is 1.24 bits per heavy atom. The molecule has 0 bridgehead atoms. The lowest BCUT2D eigenvalue weighted by molar-refractivity contribution is 0.875. The van der Waals surface area contributed by atoms with Crippen LogP contribution < -0.4 is 0 Å². The minimum absolute atomic E-state index is 0.471. The van der Waals surface area contributed by atoms with Crippen molar-refractivity contribution in [2.24, 2.45) is 0 Å². The first-order chi connectivity index (χ1) is 8.19. The molecule has 0 atom stereocenters. The van der Waals surface area contributed by atoms with Gasteiger partial charge in [0.1, 0.15) is 5.15 Å². The average molecular weight is 313 g/mol. The summed E-state index contributed by atoms with van der Waals surface area (Å²) in [5, 5.41) is 0.471. The van der Waals surface area contributed by atoms with E-state index in [2.05, 4.69) is 37.8 Å². The lowest BCUT2D eigenvalue weighted by Gasteiger charge is -2.04. The van der Waals surface area contributed by atoms with E-state index in [1.54, 1.807) is 18.5 Å². The summed E-state index contributed by atoms with van der Waals surface area (Å²) in [7, 11) is 0. The second kappa shape index (κ2) is 5.56. The van der Waals surface area contributed by atoms with Crippen LogP contribution in [0.2, 0.25) is 5.15 Å². The molecule has 2 heterocycles. The molecule has 17 heavy (non-hydrogen) atoms. The van der Waals surface area contributed by atoms with Crippen LogP contribution in [0, 0.1) is 0 Å². The Balaban J connectivity index is 2.44. The normalized spacial score (nSPS) is 10.5. The highest BCUT2D eigenvalue weighted by Gasteiger charge is 2.06. The van der Waals surface area contributed by atoms with Gasteiger partial charge in [-0.1, -0.05) is 24.9 Å². The van der Waals surface area contributed by atoms with Crippen molar-refractivity contribution < 1.29 is 0 Å². The molecular weight excluding hydrogens is 302 g/mol. The number of rotatable bonds is 3. The maximum atomic E-state index is 5.99. The van der Waals surface area contributed by atoms with Gasteiger partial charge in [-0.3, -0.25) is 4.98 Å². The predicted octanol–water partition coefficient (Wildman–Crippen LogP) is 3.91. The van der Waals surface area contributed by atoms with Crippen molar-refractivity contribution in [2.75, 3.05) is 0 Å². The van der Waals surface area contributed by atoms with Crippen LogP contribution in [0.1, 0.15) is 19.0 Å². The molecule has 0 saturated heterocycles. The minimum Gasteiger partial charge on any atom is -0.263 e. The van der Waals surface area contributed by atoms with Crippen LogP contribution in [-0.4, -0.2) is 15.0 Å². The van der Waals surface area contributed by atoms with E-state index in [4.69, 9.17) is 11.6 Å². The number of aromatic nitrogens is 3. The topological polar surface area (TPSA) is 38.7 Å². The van der Waals surface area contributed by atoms with E-state index in [0.717, 1.165) is 28.6 Å². The summed E-state index contributed by atoms with van der Waals surface area (Å²) < 4.78 is 0.899. The van der Waals surface area contributed by atoms with Crippen molar-refractivity contribution in [1.29, 1.82) is 0 Å². The van der Waals surface area contributed by atoms with Crippen LogP contribution in [0.3, 0.4) is 0 Å². The first-order valence-electron chi connectivity index (χ1n) is 5.33. The zero-order chi connectivity index (χ0) is 12.3. The highest BCUT2D eigenvalue weighted by Crippen LogP contribution is 2.20. The Kier molecular flexibility index (Phi) is 4.07. The van der Waals surface area contributed by atoms with Gasteiger partial charge in [0.2, 0.25) is 0 Å². The van der Waals surface area contributed by atoms with Gasteiger partial charge in [-0.05, 0) is 34.5 Å². The van der Waals surface area contributed by atoms with Crippen LogP contribution in [0.15, 0.2) is 29.0 Å². The fourth-order valence-corrected chi connectivity index (χ4v) is 2.08. The Labute approximate surface area is 113 Å². The molecular formula is C12H11BrClN3. The second-order valence-electron chi connectivity index (χ2n) is 3.65. The molecule has 0 unspecified atom stereocenters. The van der Waals surface area contributed by atoms with Gasteiger partial charge in [-0.2, -0.15) is 0 Å². The monoisotopic (exact) mass is 311 g/mol. The molecule has 0 amide bonds. The van der Waals surface area contributed by atoms with Crippen molar-refractivity contribution in [1.82, 2.24) is 15.0 Å². The van der Waals surface area contributed by atoms with Crippen LogP contribution in [0.5, 0.6) is 0 Å². The maximum absolute atomic E-state index is 5.99. The summed E-state index contributed by atoms with van der Waals surface area (Å²) >= 11 is 9.37. The molecule has 5 heteroatoms. The highest BCUT2D eigenvalue weighted by molar-refractivity contribution is 9.10. The van der Waals surface area contributed by atoms with Crippen molar-refractivity contribution in [2.45, 2.75) is 19.8 Å². The van der Waals surface area contributed by atoms with Gasteiger partial charge in [-0.25, -0.2) is 9.97 Å². The molecule has 0 spiro atoms. The lowest BCUT2D eigenvalue weighted by Crippen LogP contribution is -1.96. The number of nitrogens with zero attached hydrogens (tertiary/aromatic N) is 3. The van der Waals surface area contributed by atoms with Crippen LogP contribution in [0.4, 0.5) is 0 Å². The molecule has 0 radical (unpaired) electrons. The van der Waals surface area contributed by atoms with Gasteiger partial charge in [0.25, 0.3) is 0 Å². The van der Waals surface area contributed by atoms with Crippen LogP contribution in [-0.2, 0) is 6.42 Å². The Morgan fingerprint density at radius 2 is 2.06 bits per heavy atom. The van der Waals surface area contributed by atoms with Gasteiger partial charge < -0.3 is 0 Å². The SMILES string of the molecule is CCCc1cc(Cl)nc(-c2cncc(Br)c2)n1. The van der Waals surface area contributed by atoms with Gasteiger partial charge in [0.15, 0.2) is 5.82 Å². The molecule has 2 aromatic heterocycles. The maximum Gasteiger partial charge on any atom is 0.162 e. The van der Waals surface area contributed by atoms with Gasteiger partial charge in [0, 0.05) is 28.1 Å². The Morgan fingerprint density at radius 3 is 2.76 bits per heavy atom. The number of halogens is 2. The van der Waals surface area contributed by atoms with E-state index < -0.39 is 0 Å². The van der Waals surface area contributed by atoms with E-state index in [0.29, 0.717) is 11.0 Å². The number of hydrogen-bond donors (Lipinski definition) is 0. The fraction of sp³-hybridized carbons (Fsp3) is 0.250. The van der Waals surface area contributed by atoms with Crippen LogP contribution in [0.25, 0.3) is 11.4 Å². The summed E-state index contributed by atoms with van der Waals surface area (Å²) in [6.07, 6.45) is 5.38. The molecule has 2 aromatic rings. The van der Waals surface area contributed by atoms with Crippen LogP contribution >= 0.6 is 27.5 Å². The summed E-state index contributed by atoms with van der Waals surface area (Å²) in [5.41, 5.74) is 1.82. The van der Waals surface area contributed by atoms with E-state index in [9.17, 15) is 0 Å². The zero-order valence-electron chi connectivity index (χ0n) is 9.32. The number of aryl methyl sites for hydroxylation is 1. The Bertz CT molecular complexity index is 531. The molecule has 2 rings (SSSR count). The lowest BCUT2D eigenvalue weighted by atomic mass is 10.2. The largest absolute Gasteiger partial charge is 0.263 e. The minimum atomic E-state index is 0.471. The summed E-state index contributed by atoms with van der Waals surface area (Å²) in [6.45, 7) is 2.11. The van der Waals surface area contributed by atoms with E-state index in [1.165, 1.54) is 0 Å². The molecule has 0 aromatic carbocycles. The van der Waals surface area contributed by atoms with E-state index in [-0.39, 0.29) is 0 Å². The first kappa shape index (κ1) is 12.5. The third-order valence-electron chi connectivity index (χ3n) is 2.22. The standard InChI is InChI=1S/C12H11BrClN3/c1-2-3-10-5-11(14)17-12(16-10)8-4-9(13)7-15-6-8/h4-7H,2-3H2,1H3. The molecule has 0 aliphatic carbocycles. The average Bonchev–Trinajstić information content (AvgIpc) is 2.28. The summed E-state index contributed by atoms with van der Waals surface area (Å²) in [5.74, 6) is 0.620. The van der Waals surface area contributed by atoms with Gasteiger partial charge >= 0.3 is 0 Å². The molecule has 0 fully saturated rings. The van der Waals surface area contributed by atoms with Gasteiger partial charge in [0.05, 0.1) is 0 Å².